The summed E-state index contributed by atoms with van der Waals surface area (Å²) in [6.45, 7) is 0. The summed E-state index contributed by atoms with van der Waals surface area (Å²) in [5, 5.41) is 9.69. The van der Waals surface area contributed by atoms with Crippen LogP contribution in [-0.4, -0.2) is 35.2 Å². The molecule has 0 unspecified atom stereocenters. The molecule has 0 aromatic carbocycles. The fraction of sp³-hybridized carbons (Fsp3) is 0.143. The lowest BCUT2D eigenvalue weighted by Crippen LogP contribution is -2.15. The Morgan fingerprint density at radius 3 is 2.88 bits per heavy atom. The van der Waals surface area contributed by atoms with E-state index in [9.17, 15) is 8.42 Å². The summed E-state index contributed by atoms with van der Waals surface area (Å²) in [6, 6.07) is 1.56. The molecule has 2 aromatic rings. The van der Waals surface area contributed by atoms with Gasteiger partial charge in [-0.2, -0.15) is 0 Å². The molecule has 0 aliphatic rings. The first-order chi connectivity index (χ1) is 8.13. The average Bonchev–Trinajstić information content (AvgIpc) is 2.81. The minimum absolute atomic E-state index is 0.0395. The quantitative estimate of drug-likeness (QED) is 0.816. The number of hydrogen-bond acceptors (Lipinski definition) is 8. The van der Waals surface area contributed by atoms with Crippen LogP contribution >= 0.6 is 11.5 Å². The van der Waals surface area contributed by atoms with Crippen LogP contribution in [0.15, 0.2) is 23.4 Å². The summed E-state index contributed by atoms with van der Waals surface area (Å²) in [4.78, 5) is 3.82. The van der Waals surface area contributed by atoms with Crippen molar-refractivity contribution in [1.82, 2.24) is 19.8 Å². The lowest BCUT2D eigenvalue weighted by Gasteiger charge is -2.08. The molecule has 0 atom stereocenters. The Kier molecular flexibility index (Phi) is 3.15. The summed E-state index contributed by atoms with van der Waals surface area (Å²) < 4.78 is 29.7. The molecule has 0 amide bonds. The van der Waals surface area contributed by atoms with E-state index in [0.717, 1.165) is 11.5 Å². The highest BCUT2D eigenvalue weighted by Gasteiger charge is 2.19. The Balaban J connectivity index is 2.38. The molecule has 2 rings (SSSR count). The maximum atomic E-state index is 12.0. The molecule has 17 heavy (non-hydrogen) atoms. The zero-order valence-corrected chi connectivity index (χ0v) is 10.3. The molecule has 0 saturated heterocycles. The zero-order valence-electron chi connectivity index (χ0n) is 8.65. The number of nitrogens with zero attached hydrogens (tertiary/aromatic N) is 4. The highest BCUT2D eigenvalue weighted by molar-refractivity contribution is 7.93. The molecule has 0 spiro atoms. The molecule has 0 radical (unpaired) electrons. The van der Waals surface area contributed by atoms with E-state index < -0.39 is 10.0 Å². The van der Waals surface area contributed by atoms with E-state index in [1.165, 1.54) is 12.4 Å². The van der Waals surface area contributed by atoms with Gasteiger partial charge < -0.3 is 5.32 Å². The third-order valence-electron chi connectivity index (χ3n) is 1.86. The van der Waals surface area contributed by atoms with Gasteiger partial charge in [-0.3, -0.25) is 9.71 Å². The van der Waals surface area contributed by atoms with E-state index in [-0.39, 0.29) is 10.0 Å². The van der Waals surface area contributed by atoms with Crippen molar-refractivity contribution >= 4 is 32.4 Å². The molecule has 2 N–H and O–H groups in total. The summed E-state index contributed by atoms with van der Waals surface area (Å²) in [5.41, 5.74) is 0.449. The topological polar surface area (TPSA) is 110 Å². The second-order valence-corrected chi connectivity index (χ2v) is 5.28. The van der Waals surface area contributed by atoms with Crippen molar-refractivity contribution < 1.29 is 8.42 Å². The Labute approximate surface area is 101 Å². The molecule has 8 nitrogen and oxygen atoms in total. The molecule has 0 saturated carbocycles. The molecule has 0 fully saturated rings. The van der Waals surface area contributed by atoms with E-state index in [2.05, 4.69) is 29.8 Å². The van der Waals surface area contributed by atoms with E-state index in [0.29, 0.717) is 5.69 Å². The van der Waals surface area contributed by atoms with E-state index >= 15 is 0 Å². The predicted molar refractivity (Wildman–Crippen MR) is 62.3 cm³/mol. The van der Waals surface area contributed by atoms with Gasteiger partial charge in [-0.15, -0.1) is 0 Å². The summed E-state index contributed by atoms with van der Waals surface area (Å²) in [5.74, 6) is 0. The molecule has 0 aliphatic heterocycles. The SMILES string of the molecule is CNc1ccncc1S(=O)(=O)Nc1nnns1. The Bertz CT molecular complexity index is 597. The van der Waals surface area contributed by atoms with Crippen LogP contribution in [0.25, 0.3) is 0 Å². The van der Waals surface area contributed by atoms with Gasteiger partial charge in [0.2, 0.25) is 5.13 Å². The number of anilines is 2. The molecule has 2 aromatic heterocycles. The fourth-order valence-corrected chi connectivity index (χ4v) is 2.89. The largest absolute Gasteiger partial charge is 0.387 e. The molecule has 0 bridgehead atoms. The van der Waals surface area contributed by atoms with Gasteiger partial charge in [0, 0.05) is 31.0 Å². The molecule has 2 heterocycles. The molecular formula is C7H8N6O2S2. The summed E-state index contributed by atoms with van der Waals surface area (Å²) in [6.07, 6.45) is 2.75. The van der Waals surface area contributed by atoms with Crippen molar-refractivity contribution in [1.29, 1.82) is 0 Å². The Morgan fingerprint density at radius 1 is 1.41 bits per heavy atom. The first-order valence-corrected chi connectivity index (χ1v) is 6.69. The first kappa shape index (κ1) is 11.7. The number of aromatic nitrogens is 4. The van der Waals surface area contributed by atoms with Crippen LogP contribution in [0.5, 0.6) is 0 Å². The molecule has 0 aliphatic carbocycles. The molecule has 90 valence electrons. The van der Waals surface area contributed by atoms with Crippen LogP contribution in [0.4, 0.5) is 10.8 Å². The minimum Gasteiger partial charge on any atom is -0.387 e. The van der Waals surface area contributed by atoms with Gasteiger partial charge in [-0.1, -0.05) is 9.59 Å². The third-order valence-corrected chi connectivity index (χ3v) is 3.87. The van der Waals surface area contributed by atoms with E-state index in [4.69, 9.17) is 0 Å². The number of rotatable bonds is 4. The summed E-state index contributed by atoms with van der Waals surface area (Å²) in [7, 11) is -2.11. The van der Waals surface area contributed by atoms with Crippen LogP contribution in [0.3, 0.4) is 0 Å². The van der Waals surface area contributed by atoms with Gasteiger partial charge in [0.25, 0.3) is 10.0 Å². The highest BCUT2D eigenvalue weighted by Crippen LogP contribution is 2.21. The highest BCUT2D eigenvalue weighted by atomic mass is 32.2. The number of sulfonamides is 1. The molecule has 10 heteroatoms. The molecular weight excluding hydrogens is 264 g/mol. The Hall–Kier alpha value is -1.81. The first-order valence-electron chi connectivity index (χ1n) is 4.43. The second-order valence-electron chi connectivity index (χ2n) is 2.89. The monoisotopic (exact) mass is 272 g/mol. The number of pyridine rings is 1. The van der Waals surface area contributed by atoms with Crippen molar-refractivity contribution in [2.24, 2.45) is 0 Å². The van der Waals surface area contributed by atoms with Gasteiger partial charge in [0.1, 0.15) is 4.90 Å². The van der Waals surface area contributed by atoms with E-state index in [1.54, 1.807) is 13.1 Å². The van der Waals surface area contributed by atoms with Crippen molar-refractivity contribution in [3.05, 3.63) is 18.5 Å². The Morgan fingerprint density at radius 2 is 2.24 bits per heavy atom. The van der Waals surface area contributed by atoms with Crippen LogP contribution in [0, 0.1) is 0 Å². The normalized spacial score (nSPS) is 11.1. The predicted octanol–water partition coefficient (Wildman–Crippen LogP) is 0.171. The maximum absolute atomic E-state index is 12.0. The lowest BCUT2D eigenvalue weighted by molar-refractivity contribution is 0.601. The minimum atomic E-state index is -3.73. The summed E-state index contributed by atoms with van der Waals surface area (Å²) >= 11 is 0.855. The van der Waals surface area contributed by atoms with Crippen molar-refractivity contribution in [2.45, 2.75) is 4.90 Å². The number of hydrogen-bond donors (Lipinski definition) is 2. The smallest absolute Gasteiger partial charge is 0.267 e. The van der Waals surface area contributed by atoms with Gasteiger partial charge in [0.05, 0.1) is 5.69 Å². The van der Waals surface area contributed by atoms with Crippen molar-refractivity contribution in [3.8, 4) is 0 Å². The van der Waals surface area contributed by atoms with Crippen LogP contribution < -0.4 is 10.0 Å². The fourth-order valence-electron chi connectivity index (χ4n) is 1.14. The van der Waals surface area contributed by atoms with Crippen LogP contribution in [-0.2, 0) is 10.0 Å². The zero-order chi connectivity index (χ0) is 12.3. The van der Waals surface area contributed by atoms with Gasteiger partial charge in [-0.25, -0.2) is 8.42 Å². The van der Waals surface area contributed by atoms with Gasteiger partial charge in [0.15, 0.2) is 0 Å². The van der Waals surface area contributed by atoms with Gasteiger partial charge in [-0.05, 0) is 11.3 Å². The van der Waals surface area contributed by atoms with Crippen LogP contribution in [0.2, 0.25) is 0 Å². The van der Waals surface area contributed by atoms with E-state index in [1.807, 2.05) is 0 Å². The van der Waals surface area contributed by atoms with Crippen LogP contribution in [0.1, 0.15) is 0 Å². The lowest BCUT2D eigenvalue weighted by atomic mass is 10.4. The van der Waals surface area contributed by atoms with Crippen molar-refractivity contribution in [2.75, 3.05) is 17.1 Å². The van der Waals surface area contributed by atoms with Crippen molar-refractivity contribution in [3.63, 3.8) is 0 Å². The standard InChI is InChI=1S/C7H8N6O2S2/c1-8-5-2-3-9-4-6(5)17(14,15)11-7-10-12-13-16-7/h2-4H,1H3,(H,8,9)(H,10,11,13). The maximum Gasteiger partial charge on any atom is 0.267 e. The number of nitrogens with one attached hydrogen (secondary N) is 2. The van der Waals surface area contributed by atoms with Gasteiger partial charge >= 0.3 is 0 Å². The average molecular weight is 272 g/mol. The second kappa shape index (κ2) is 4.59. The third kappa shape index (κ3) is 2.47.